The van der Waals surface area contributed by atoms with Crippen molar-refractivity contribution in [1.82, 2.24) is 9.97 Å². The zero-order valence-electron chi connectivity index (χ0n) is 16.9. The van der Waals surface area contributed by atoms with E-state index in [2.05, 4.69) is 20.5 Å². The number of thiophene rings is 1. The fourth-order valence-corrected chi connectivity index (χ4v) is 4.29. The Kier molecular flexibility index (Phi) is 5.39. The second kappa shape index (κ2) is 8.51. The van der Waals surface area contributed by atoms with E-state index < -0.39 is 11.7 Å². The van der Waals surface area contributed by atoms with Gasteiger partial charge in [0.05, 0.1) is 17.2 Å². The average molecular weight is 464 g/mol. The normalized spacial score (nSPS) is 12.0. The summed E-state index contributed by atoms with van der Waals surface area (Å²) in [6.45, 7) is 0. The van der Waals surface area contributed by atoms with Crippen LogP contribution in [0.5, 0.6) is 0 Å². The van der Waals surface area contributed by atoms with Gasteiger partial charge in [0.2, 0.25) is 0 Å². The van der Waals surface area contributed by atoms with Crippen LogP contribution in [0.15, 0.2) is 88.0 Å². The molecule has 0 aliphatic rings. The van der Waals surface area contributed by atoms with E-state index in [0.717, 1.165) is 33.5 Å². The first-order valence-electron chi connectivity index (χ1n) is 9.83. The van der Waals surface area contributed by atoms with Crippen molar-refractivity contribution in [3.05, 3.63) is 89.8 Å². The number of hydrogen-bond acceptors (Lipinski definition) is 6. The summed E-state index contributed by atoms with van der Waals surface area (Å²) in [6, 6.07) is 18.1. The Morgan fingerprint density at radius 1 is 0.939 bits per heavy atom. The first-order chi connectivity index (χ1) is 16.0. The third-order valence-corrected chi connectivity index (χ3v) is 5.80. The molecule has 0 unspecified atom stereocenters. The second-order valence-corrected chi connectivity index (χ2v) is 7.93. The fraction of sp³-hybridized carbons (Fsp3) is 0.0417. The molecular weight excluding hydrogens is 449 g/mol. The number of nitrogens with one attached hydrogen (secondary N) is 1. The van der Waals surface area contributed by atoms with Crippen LogP contribution < -0.4 is 5.43 Å². The number of hydrazone groups is 1. The lowest BCUT2D eigenvalue weighted by Crippen LogP contribution is -2.04. The Morgan fingerprint density at radius 2 is 1.76 bits per heavy atom. The van der Waals surface area contributed by atoms with Crippen molar-refractivity contribution >= 4 is 33.6 Å². The first kappa shape index (κ1) is 20.9. The van der Waals surface area contributed by atoms with Gasteiger partial charge in [-0.15, -0.1) is 11.3 Å². The van der Waals surface area contributed by atoms with Crippen LogP contribution in [-0.4, -0.2) is 16.2 Å². The summed E-state index contributed by atoms with van der Waals surface area (Å²) < 4.78 is 44.6. The van der Waals surface area contributed by atoms with Crippen LogP contribution in [0.4, 0.5) is 19.0 Å². The van der Waals surface area contributed by atoms with Gasteiger partial charge in [-0.2, -0.15) is 18.3 Å². The van der Waals surface area contributed by atoms with Gasteiger partial charge in [-0.25, -0.2) is 9.97 Å². The number of hydrogen-bond donors (Lipinski definition) is 1. The average Bonchev–Trinajstić information content (AvgIpc) is 3.47. The van der Waals surface area contributed by atoms with Crippen LogP contribution in [0.3, 0.4) is 0 Å². The third-order valence-electron chi connectivity index (χ3n) is 4.92. The smallest absolute Gasteiger partial charge is 0.416 e. The molecule has 5 aromatic rings. The predicted octanol–water partition coefficient (Wildman–Crippen LogP) is 7.08. The molecule has 0 atom stereocenters. The van der Waals surface area contributed by atoms with Crippen molar-refractivity contribution in [1.29, 1.82) is 0 Å². The topological polar surface area (TPSA) is 63.3 Å². The quantitative estimate of drug-likeness (QED) is 0.223. The number of halogens is 3. The van der Waals surface area contributed by atoms with Crippen molar-refractivity contribution in [2.45, 2.75) is 6.18 Å². The molecule has 1 N–H and O–H groups in total. The van der Waals surface area contributed by atoms with E-state index in [1.807, 2.05) is 35.7 Å². The summed E-state index contributed by atoms with van der Waals surface area (Å²) in [7, 11) is 0. The highest BCUT2D eigenvalue weighted by Gasteiger charge is 2.30. The lowest BCUT2D eigenvalue weighted by molar-refractivity contribution is -0.137. The lowest BCUT2D eigenvalue weighted by Gasteiger charge is -2.07. The van der Waals surface area contributed by atoms with Gasteiger partial charge in [0.25, 0.3) is 0 Å². The minimum atomic E-state index is -4.42. The Balaban J connectivity index is 1.38. The van der Waals surface area contributed by atoms with Crippen LogP contribution in [0.25, 0.3) is 32.7 Å². The van der Waals surface area contributed by atoms with E-state index in [1.165, 1.54) is 29.9 Å². The van der Waals surface area contributed by atoms with Crippen molar-refractivity contribution in [3.63, 3.8) is 0 Å². The van der Waals surface area contributed by atoms with E-state index in [-0.39, 0.29) is 0 Å². The van der Waals surface area contributed by atoms with Crippen LogP contribution in [0.2, 0.25) is 0 Å². The lowest BCUT2D eigenvalue weighted by atomic mass is 10.1. The molecule has 9 heteroatoms. The van der Waals surface area contributed by atoms with Crippen LogP contribution in [-0.2, 0) is 6.18 Å². The maximum absolute atomic E-state index is 13.0. The van der Waals surface area contributed by atoms with Gasteiger partial charge < -0.3 is 4.42 Å². The third kappa shape index (κ3) is 4.35. The van der Waals surface area contributed by atoms with Gasteiger partial charge in [0.1, 0.15) is 22.7 Å². The minimum absolute atomic E-state index is 0.316. The van der Waals surface area contributed by atoms with E-state index in [4.69, 9.17) is 4.42 Å². The summed E-state index contributed by atoms with van der Waals surface area (Å²) in [6.07, 6.45) is -1.51. The number of aromatic nitrogens is 2. The molecule has 0 aliphatic carbocycles. The molecule has 0 radical (unpaired) electrons. The molecule has 0 aliphatic heterocycles. The minimum Gasteiger partial charge on any atom is -0.455 e. The zero-order valence-corrected chi connectivity index (χ0v) is 17.7. The summed E-state index contributed by atoms with van der Waals surface area (Å²) in [5, 5.41) is 7.09. The Labute approximate surface area is 190 Å². The molecule has 0 amide bonds. The van der Waals surface area contributed by atoms with E-state index in [9.17, 15) is 13.2 Å². The van der Waals surface area contributed by atoms with E-state index in [0.29, 0.717) is 22.9 Å². The molecule has 2 aromatic carbocycles. The van der Waals surface area contributed by atoms with Gasteiger partial charge >= 0.3 is 6.18 Å². The highest BCUT2D eigenvalue weighted by atomic mass is 32.1. The molecule has 0 bridgehead atoms. The van der Waals surface area contributed by atoms with E-state index in [1.54, 1.807) is 18.2 Å². The molecular formula is C24H15F3N4OS. The highest BCUT2D eigenvalue weighted by molar-refractivity contribution is 7.17. The molecule has 0 fully saturated rings. The van der Waals surface area contributed by atoms with Crippen LogP contribution >= 0.6 is 11.3 Å². The molecule has 0 saturated carbocycles. The first-order valence-corrected chi connectivity index (χ1v) is 10.7. The molecule has 3 aromatic heterocycles. The largest absolute Gasteiger partial charge is 0.455 e. The standard InChI is InChI=1S/C24H15F3N4OS/c25-24(26,27)17-8-4-7-16(11-17)20-10-9-18(32-20)12-30-31-22-21-19(15-5-2-1-3-6-15)13-33-23(21)29-14-28-22/h1-14H,(H,28,29,31)/b30-12-. The summed E-state index contributed by atoms with van der Waals surface area (Å²) >= 11 is 1.51. The molecule has 0 spiro atoms. The van der Waals surface area contributed by atoms with Crippen molar-refractivity contribution in [3.8, 4) is 22.5 Å². The number of alkyl halides is 3. The van der Waals surface area contributed by atoms with Gasteiger partial charge in [-0.3, -0.25) is 5.43 Å². The molecule has 0 saturated heterocycles. The predicted molar refractivity (Wildman–Crippen MR) is 123 cm³/mol. The molecule has 33 heavy (non-hydrogen) atoms. The van der Waals surface area contributed by atoms with Gasteiger partial charge in [0, 0.05) is 16.5 Å². The van der Waals surface area contributed by atoms with Crippen LogP contribution in [0, 0.1) is 0 Å². The molecule has 3 heterocycles. The maximum Gasteiger partial charge on any atom is 0.416 e. The van der Waals surface area contributed by atoms with Crippen LogP contribution in [0.1, 0.15) is 11.3 Å². The number of nitrogens with zero attached hydrogens (tertiary/aromatic N) is 3. The molecule has 5 nitrogen and oxygen atoms in total. The maximum atomic E-state index is 13.0. The summed E-state index contributed by atoms with van der Waals surface area (Å²) in [4.78, 5) is 9.47. The SMILES string of the molecule is FC(F)(F)c1cccc(-c2ccc(/C=N\Nc3ncnc4scc(-c5ccccc5)c34)o2)c1. The number of benzene rings is 2. The molecule has 164 valence electrons. The van der Waals surface area contributed by atoms with Crippen molar-refractivity contribution in [2.75, 3.05) is 5.43 Å². The number of rotatable bonds is 5. The van der Waals surface area contributed by atoms with Crippen molar-refractivity contribution in [2.24, 2.45) is 5.10 Å². The Morgan fingerprint density at radius 3 is 2.58 bits per heavy atom. The number of furan rings is 1. The highest BCUT2D eigenvalue weighted by Crippen LogP contribution is 2.36. The Bertz CT molecular complexity index is 1440. The second-order valence-electron chi connectivity index (χ2n) is 7.07. The summed E-state index contributed by atoms with van der Waals surface area (Å²) in [5.41, 5.74) is 4.57. The van der Waals surface area contributed by atoms with Gasteiger partial charge in [0.15, 0.2) is 5.82 Å². The van der Waals surface area contributed by atoms with E-state index >= 15 is 0 Å². The van der Waals surface area contributed by atoms with Crippen molar-refractivity contribution < 1.29 is 17.6 Å². The number of anilines is 1. The van der Waals surface area contributed by atoms with Gasteiger partial charge in [-0.05, 0) is 29.8 Å². The summed E-state index contributed by atoms with van der Waals surface area (Å²) in [5.74, 6) is 1.24. The monoisotopic (exact) mass is 464 g/mol. The van der Waals surface area contributed by atoms with Gasteiger partial charge in [-0.1, -0.05) is 42.5 Å². The fourth-order valence-electron chi connectivity index (χ4n) is 3.37. The Hall–Kier alpha value is -3.98. The molecule has 5 rings (SSSR count). The zero-order chi connectivity index (χ0) is 22.8. The number of fused-ring (bicyclic) bond motifs is 1.